The summed E-state index contributed by atoms with van der Waals surface area (Å²) in [5, 5.41) is 0. The van der Waals surface area contributed by atoms with Crippen molar-refractivity contribution < 1.29 is 4.79 Å². The van der Waals surface area contributed by atoms with E-state index in [0.717, 1.165) is 50.3 Å². The Hall–Kier alpha value is -1.58. The normalized spacial score (nSPS) is 19.8. The number of piperidine rings is 1. The number of carbonyl (C=O) groups excluding carboxylic acids is 1. The van der Waals surface area contributed by atoms with E-state index in [1.54, 1.807) is 6.20 Å². The lowest BCUT2D eigenvalue weighted by molar-refractivity contribution is 0.0724. The average molecular weight is 259 g/mol. The Balaban J connectivity index is 1.76. The van der Waals surface area contributed by atoms with E-state index < -0.39 is 0 Å². The van der Waals surface area contributed by atoms with Crippen molar-refractivity contribution in [2.24, 2.45) is 0 Å². The van der Waals surface area contributed by atoms with E-state index >= 15 is 0 Å². The first-order chi connectivity index (χ1) is 9.34. The van der Waals surface area contributed by atoms with Crippen LogP contribution in [0.1, 0.15) is 42.5 Å². The molecule has 0 atom stereocenters. The van der Waals surface area contributed by atoms with Crippen LogP contribution in [-0.2, 0) is 0 Å². The summed E-state index contributed by atoms with van der Waals surface area (Å²) in [4.78, 5) is 21.0. The van der Waals surface area contributed by atoms with E-state index in [2.05, 4.69) is 9.88 Å². The van der Waals surface area contributed by atoms with Gasteiger partial charge in [0.05, 0.1) is 17.4 Å². The van der Waals surface area contributed by atoms with Crippen molar-refractivity contribution in [2.75, 3.05) is 31.1 Å². The third-order valence-electron chi connectivity index (χ3n) is 4.09. The van der Waals surface area contributed by atoms with Gasteiger partial charge >= 0.3 is 0 Å². The van der Waals surface area contributed by atoms with Gasteiger partial charge in [-0.25, -0.2) is 0 Å². The maximum Gasteiger partial charge on any atom is 0.255 e. The van der Waals surface area contributed by atoms with Gasteiger partial charge in [-0.3, -0.25) is 9.78 Å². The van der Waals surface area contributed by atoms with Crippen LogP contribution in [0.5, 0.6) is 0 Å². The van der Waals surface area contributed by atoms with Gasteiger partial charge < -0.3 is 9.80 Å². The van der Waals surface area contributed by atoms with Gasteiger partial charge in [0, 0.05) is 32.4 Å². The molecule has 0 radical (unpaired) electrons. The number of anilines is 1. The fraction of sp³-hybridized carbons (Fsp3) is 0.600. The molecular weight excluding hydrogens is 238 g/mol. The molecule has 3 heterocycles. The summed E-state index contributed by atoms with van der Waals surface area (Å²) in [5.74, 6) is 0.147. The molecule has 0 aliphatic carbocycles. The van der Waals surface area contributed by atoms with Crippen molar-refractivity contribution in [1.82, 2.24) is 9.88 Å². The molecule has 2 fully saturated rings. The van der Waals surface area contributed by atoms with Crippen molar-refractivity contribution in [3.63, 3.8) is 0 Å². The van der Waals surface area contributed by atoms with Crippen LogP contribution < -0.4 is 4.90 Å². The molecule has 1 aromatic heterocycles. The Morgan fingerprint density at radius 1 is 0.947 bits per heavy atom. The number of hydrogen-bond acceptors (Lipinski definition) is 3. The van der Waals surface area contributed by atoms with Crippen LogP contribution in [0.3, 0.4) is 0 Å². The van der Waals surface area contributed by atoms with Crippen LogP contribution in [-0.4, -0.2) is 42.0 Å². The fourth-order valence-corrected chi connectivity index (χ4v) is 2.97. The number of carbonyl (C=O) groups is 1. The molecule has 0 bridgehead atoms. The Bertz CT molecular complexity index is 448. The molecule has 0 N–H and O–H groups in total. The summed E-state index contributed by atoms with van der Waals surface area (Å²) in [7, 11) is 0. The summed E-state index contributed by atoms with van der Waals surface area (Å²) < 4.78 is 0. The van der Waals surface area contributed by atoms with Crippen molar-refractivity contribution in [3.05, 3.63) is 24.0 Å². The largest absolute Gasteiger partial charge is 0.370 e. The molecule has 2 aliphatic rings. The van der Waals surface area contributed by atoms with Crippen LogP contribution in [0, 0.1) is 0 Å². The first kappa shape index (κ1) is 12.5. The highest BCUT2D eigenvalue weighted by Gasteiger charge is 2.20. The zero-order valence-corrected chi connectivity index (χ0v) is 11.3. The Labute approximate surface area is 114 Å². The Morgan fingerprint density at radius 3 is 2.37 bits per heavy atom. The molecule has 0 aromatic carbocycles. The number of rotatable bonds is 2. The van der Waals surface area contributed by atoms with Crippen LogP contribution in [0.4, 0.5) is 5.69 Å². The maximum absolute atomic E-state index is 12.4. The van der Waals surface area contributed by atoms with Crippen molar-refractivity contribution in [1.29, 1.82) is 0 Å². The minimum atomic E-state index is 0.147. The SMILES string of the molecule is O=C(c1cncc(N2CCCC2)c1)N1CCCCC1. The molecule has 2 saturated heterocycles. The van der Waals surface area contributed by atoms with Gasteiger partial charge in [-0.2, -0.15) is 0 Å². The number of nitrogens with zero attached hydrogens (tertiary/aromatic N) is 3. The number of aromatic nitrogens is 1. The minimum absolute atomic E-state index is 0.147. The molecule has 102 valence electrons. The maximum atomic E-state index is 12.4. The summed E-state index contributed by atoms with van der Waals surface area (Å²) in [5.41, 5.74) is 1.84. The molecular formula is C15H21N3O. The van der Waals surface area contributed by atoms with E-state index in [0.29, 0.717) is 0 Å². The van der Waals surface area contributed by atoms with Crippen molar-refractivity contribution in [3.8, 4) is 0 Å². The highest BCUT2D eigenvalue weighted by atomic mass is 16.2. The molecule has 4 nitrogen and oxygen atoms in total. The van der Waals surface area contributed by atoms with Crippen molar-refractivity contribution >= 4 is 11.6 Å². The summed E-state index contributed by atoms with van der Waals surface area (Å²) in [6.07, 6.45) is 9.56. The molecule has 0 saturated carbocycles. The first-order valence-electron chi connectivity index (χ1n) is 7.34. The second-order valence-corrected chi connectivity index (χ2v) is 5.48. The molecule has 4 heteroatoms. The van der Waals surface area contributed by atoms with Crippen LogP contribution in [0.25, 0.3) is 0 Å². The topological polar surface area (TPSA) is 36.4 Å². The second kappa shape index (κ2) is 5.59. The average Bonchev–Trinajstić information content (AvgIpc) is 3.02. The quantitative estimate of drug-likeness (QED) is 0.817. The summed E-state index contributed by atoms with van der Waals surface area (Å²) in [6, 6.07) is 2.01. The second-order valence-electron chi connectivity index (χ2n) is 5.48. The van der Waals surface area contributed by atoms with E-state index in [-0.39, 0.29) is 5.91 Å². The van der Waals surface area contributed by atoms with Gasteiger partial charge in [0.2, 0.25) is 0 Å². The van der Waals surface area contributed by atoms with Gasteiger partial charge in [-0.05, 0) is 38.2 Å². The van der Waals surface area contributed by atoms with Crippen LogP contribution in [0.2, 0.25) is 0 Å². The van der Waals surface area contributed by atoms with E-state index in [1.165, 1.54) is 19.3 Å². The number of likely N-dealkylation sites (tertiary alicyclic amines) is 1. The molecule has 19 heavy (non-hydrogen) atoms. The lowest BCUT2D eigenvalue weighted by atomic mass is 10.1. The third-order valence-corrected chi connectivity index (χ3v) is 4.09. The highest BCUT2D eigenvalue weighted by molar-refractivity contribution is 5.94. The summed E-state index contributed by atoms with van der Waals surface area (Å²) in [6.45, 7) is 3.96. The highest BCUT2D eigenvalue weighted by Crippen LogP contribution is 2.21. The Kier molecular flexibility index (Phi) is 3.67. The molecule has 1 amide bonds. The summed E-state index contributed by atoms with van der Waals surface area (Å²) >= 11 is 0. The van der Waals surface area contributed by atoms with Crippen LogP contribution >= 0.6 is 0 Å². The predicted octanol–water partition coefficient (Wildman–Crippen LogP) is 2.31. The van der Waals surface area contributed by atoms with E-state index in [9.17, 15) is 4.79 Å². The zero-order chi connectivity index (χ0) is 13.1. The number of amides is 1. The number of hydrogen-bond donors (Lipinski definition) is 0. The predicted molar refractivity (Wildman–Crippen MR) is 75.4 cm³/mol. The molecule has 1 aromatic rings. The van der Waals surface area contributed by atoms with Gasteiger partial charge in [-0.1, -0.05) is 0 Å². The monoisotopic (exact) mass is 259 g/mol. The fourth-order valence-electron chi connectivity index (χ4n) is 2.97. The minimum Gasteiger partial charge on any atom is -0.370 e. The van der Waals surface area contributed by atoms with Gasteiger partial charge in [0.1, 0.15) is 0 Å². The standard InChI is InChI=1S/C15H21N3O/c19-15(18-8-2-1-3-9-18)13-10-14(12-16-11-13)17-6-4-5-7-17/h10-12H,1-9H2. The van der Waals surface area contributed by atoms with E-state index in [1.807, 2.05) is 17.2 Å². The van der Waals surface area contributed by atoms with Crippen molar-refractivity contribution in [2.45, 2.75) is 32.1 Å². The molecule has 0 unspecified atom stereocenters. The van der Waals surface area contributed by atoms with Crippen LogP contribution in [0.15, 0.2) is 18.5 Å². The third kappa shape index (κ3) is 2.72. The lowest BCUT2D eigenvalue weighted by Crippen LogP contribution is -2.35. The first-order valence-corrected chi connectivity index (χ1v) is 7.34. The molecule has 2 aliphatic heterocycles. The smallest absolute Gasteiger partial charge is 0.255 e. The van der Waals surface area contributed by atoms with E-state index in [4.69, 9.17) is 0 Å². The van der Waals surface area contributed by atoms with Gasteiger partial charge in [0.25, 0.3) is 5.91 Å². The zero-order valence-electron chi connectivity index (χ0n) is 11.3. The lowest BCUT2D eigenvalue weighted by Gasteiger charge is -2.27. The molecule has 0 spiro atoms. The Morgan fingerprint density at radius 2 is 1.63 bits per heavy atom. The van der Waals surface area contributed by atoms with Gasteiger partial charge in [-0.15, -0.1) is 0 Å². The van der Waals surface area contributed by atoms with Gasteiger partial charge in [0.15, 0.2) is 0 Å². The number of pyridine rings is 1. The molecule has 3 rings (SSSR count).